The predicted octanol–water partition coefficient (Wildman–Crippen LogP) is 4.11. The van der Waals surface area contributed by atoms with Crippen LogP contribution in [-0.4, -0.2) is 40.8 Å². The third-order valence-electron chi connectivity index (χ3n) is 6.60. The van der Waals surface area contributed by atoms with Crippen LogP contribution in [-0.2, 0) is 17.5 Å². The van der Waals surface area contributed by atoms with E-state index in [0.717, 1.165) is 44.4 Å². The van der Waals surface area contributed by atoms with Crippen LogP contribution in [0.2, 0.25) is 0 Å². The Kier molecular flexibility index (Phi) is 8.62. The first-order valence-corrected chi connectivity index (χ1v) is 12.6. The zero-order valence-corrected chi connectivity index (χ0v) is 21.2. The summed E-state index contributed by atoms with van der Waals surface area (Å²) in [5.74, 6) is -2.27. The maximum absolute atomic E-state index is 12.9. The van der Waals surface area contributed by atoms with E-state index in [1.54, 1.807) is 37.4 Å². The number of hydrogen-bond donors (Lipinski definition) is 3. The number of alkyl halides is 3. The number of benzene rings is 1. The van der Waals surface area contributed by atoms with Crippen molar-refractivity contribution < 1.29 is 32.0 Å². The van der Waals surface area contributed by atoms with Gasteiger partial charge in [0.1, 0.15) is 17.5 Å². The molecule has 0 bridgehead atoms. The van der Waals surface area contributed by atoms with E-state index in [9.17, 15) is 27.6 Å². The van der Waals surface area contributed by atoms with Crippen molar-refractivity contribution in [2.24, 2.45) is 5.92 Å². The number of carbonyl (C=O) groups excluding carboxylic acids is 3. The van der Waals surface area contributed by atoms with Crippen LogP contribution in [0.15, 0.2) is 53.1 Å². The molecule has 0 radical (unpaired) electrons. The molecule has 0 unspecified atom stereocenters. The lowest BCUT2D eigenvalue weighted by Crippen LogP contribution is -2.50. The van der Waals surface area contributed by atoms with Gasteiger partial charge in [0.25, 0.3) is 11.8 Å². The average molecular weight is 544 g/mol. The highest BCUT2D eigenvalue weighted by atomic mass is 19.4. The molecule has 2 heterocycles. The summed E-state index contributed by atoms with van der Waals surface area (Å²) in [7, 11) is 1.55. The van der Waals surface area contributed by atoms with Crippen LogP contribution in [0.1, 0.15) is 64.5 Å². The molecule has 3 aromatic rings. The number of likely N-dealkylation sites (N-methyl/N-ethyl adjacent to an activating group) is 1. The Balaban J connectivity index is 1.36. The fraction of sp³-hybridized carbons (Fsp3) is 0.370. The largest absolute Gasteiger partial charge is 0.451 e. The Labute approximate surface area is 222 Å². The number of halogens is 3. The smallest absolute Gasteiger partial charge is 0.451 e. The van der Waals surface area contributed by atoms with Crippen molar-refractivity contribution in [1.29, 1.82) is 0 Å². The molecule has 1 atom stereocenters. The Morgan fingerprint density at radius 3 is 2.38 bits per heavy atom. The number of carbonyl (C=O) groups is 3. The fourth-order valence-electron chi connectivity index (χ4n) is 4.53. The molecule has 3 N–H and O–H groups in total. The van der Waals surface area contributed by atoms with Gasteiger partial charge in [-0.3, -0.25) is 14.4 Å². The van der Waals surface area contributed by atoms with Gasteiger partial charge in [-0.15, -0.1) is 0 Å². The minimum Gasteiger partial charge on any atom is -0.451 e. The molecule has 1 saturated carbocycles. The average Bonchev–Trinajstić information content (AvgIpc) is 3.45. The highest BCUT2D eigenvalue weighted by molar-refractivity contribution is 5.96. The molecule has 12 heteroatoms. The minimum absolute atomic E-state index is 0.0539. The summed E-state index contributed by atoms with van der Waals surface area (Å²) in [6.07, 6.45) is 1.06. The third kappa shape index (κ3) is 7.01. The van der Waals surface area contributed by atoms with Gasteiger partial charge in [0.2, 0.25) is 11.7 Å². The number of furan rings is 1. The molecule has 1 aliphatic rings. The first kappa shape index (κ1) is 27.8. The topological polar surface area (TPSA) is 126 Å². The lowest BCUT2D eigenvalue weighted by atomic mass is 9.83. The van der Waals surface area contributed by atoms with E-state index in [0.29, 0.717) is 16.9 Å². The molecule has 3 amide bonds. The van der Waals surface area contributed by atoms with Gasteiger partial charge in [-0.1, -0.05) is 43.5 Å². The number of hydrogen-bond acceptors (Lipinski definition) is 6. The second kappa shape index (κ2) is 12.1. The molecule has 1 aliphatic carbocycles. The van der Waals surface area contributed by atoms with Crippen LogP contribution in [0.4, 0.5) is 13.2 Å². The van der Waals surface area contributed by atoms with Crippen LogP contribution < -0.4 is 16.0 Å². The van der Waals surface area contributed by atoms with E-state index in [1.807, 2.05) is 0 Å². The first-order valence-electron chi connectivity index (χ1n) is 12.6. The van der Waals surface area contributed by atoms with Crippen molar-refractivity contribution in [3.8, 4) is 11.3 Å². The number of rotatable bonds is 8. The fourth-order valence-corrected chi connectivity index (χ4v) is 4.53. The highest BCUT2D eigenvalue weighted by Crippen LogP contribution is 2.28. The molecule has 0 saturated heterocycles. The first-order chi connectivity index (χ1) is 18.7. The second-order valence-electron chi connectivity index (χ2n) is 9.27. The minimum atomic E-state index is -4.75. The number of nitrogens with one attached hydrogen (secondary N) is 3. The van der Waals surface area contributed by atoms with E-state index < -0.39 is 35.6 Å². The standard InChI is InChI=1S/C27H28F3N5O4/c1-31-25(38)22(18-5-3-2-4-6-18)35-24(37)21-12-11-20(39-21)17-9-7-16(8-10-17)15-33-23(36)19-13-14-32-26(34-19)27(28,29)30/h7-14,18,22H,2-6,15H2,1H3,(H,31,38)(H,33,36)(H,35,37)/t22-/m0/s1. The number of amides is 3. The molecule has 9 nitrogen and oxygen atoms in total. The highest BCUT2D eigenvalue weighted by Gasteiger charge is 2.35. The van der Waals surface area contributed by atoms with E-state index >= 15 is 0 Å². The summed E-state index contributed by atoms with van der Waals surface area (Å²) < 4.78 is 44.1. The van der Waals surface area contributed by atoms with Crippen molar-refractivity contribution in [2.45, 2.75) is 50.9 Å². The van der Waals surface area contributed by atoms with Crippen molar-refractivity contribution in [3.63, 3.8) is 0 Å². The molecule has 0 spiro atoms. The van der Waals surface area contributed by atoms with Crippen molar-refractivity contribution in [2.75, 3.05) is 7.05 Å². The van der Waals surface area contributed by atoms with Crippen LogP contribution in [0.5, 0.6) is 0 Å². The van der Waals surface area contributed by atoms with Crippen LogP contribution in [0.3, 0.4) is 0 Å². The molecule has 2 aromatic heterocycles. The summed E-state index contributed by atoms with van der Waals surface area (Å²) in [5.41, 5.74) is 0.963. The van der Waals surface area contributed by atoms with Gasteiger partial charge in [0.05, 0.1) is 0 Å². The Morgan fingerprint density at radius 1 is 1.00 bits per heavy atom. The molecule has 39 heavy (non-hydrogen) atoms. The van der Waals surface area contributed by atoms with Crippen LogP contribution >= 0.6 is 0 Å². The quantitative estimate of drug-likeness (QED) is 0.393. The summed E-state index contributed by atoms with van der Waals surface area (Å²) in [6, 6.07) is 10.5. The SMILES string of the molecule is CNC(=O)[C@@H](NC(=O)c1ccc(-c2ccc(CNC(=O)c3ccnc(C(F)(F)F)n3)cc2)o1)C1CCCCC1. The molecule has 0 aliphatic heterocycles. The maximum Gasteiger partial charge on any atom is 0.451 e. The summed E-state index contributed by atoms with van der Waals surface area (Å²) in [5, 5.41) is 7.98. The monoisotopic (exact) mass is 543 g/mol. The van der Waals surface area contributed by atoms with Gasteiger partial charge >= 0.3 is 6.18 Å². The second-order valence-corrected chi connectivity index (χ2v) is 9.27. The number of nitrogens with zero attached hydrogens (tertiary/aromatic N) is 2. The molecular formula is C27H28F3N5O4. The predicted molar refractivity (Wildman–Crippen MR) is 134 cm³/mol. The summed E-state index contributed by atoms with van der Waals surface area (Å²) in [6.45, 7) is 0.0539. The van der Waals surface area contributed by atoms with Gasteiger partial charge in [0, 0.05) is 25.4 Å². The van der Waals surface area contributed by atoms with Crippen LogP contribution in [0, 0.1) is 5.92 Å². The van der Waals surface area contributed by atoms with E-state index in [1.165, 1.54) is 6.07 Å². The molecule has 206 valence electrons. The maximum atomic E-state index is 12.9. The molecule has 4 rings (SSSR count). The Hall–Kier alpha value is -4.22. The van der Waals surface area contributed by atoms with Crippen molar-refractivity contribution in [1.82, 2.24) is 25.9 Å². The molecule has 1 aromatic carbocycles. The van der Waals surface area contributed by atoms with Gasteiger partial charge in [-0.2, -0.15) is 13.2 Å². The number of aromatic nitrogens is 2. The summed E-state index contributed by atoms with van der Waals surface area (Å²) >= 11 is 0. The normalized spacial score (nSPS) is 14.9. The third-order valence-corrected chi connectivity index (χ3v) is 6.60. The van der Waals surface area contributed by atoms with Crippen LogP contribution in [0.25, 0.3) is 11.3 Å². The Morgan fingerprint density at radius 2 is 1.72 bits per heavy atom. The van der Waals surface area contributed by atoms with Gasteiger partial charge in [-0.05, 0) is 42.5 Å². The molecule has 1 fully saturated rings. The zero-order valence-electron chi connectivity index (χ0n) is 21.2. The van der Waals surface area contributed by atoms with Gasteiger partial charge < -0.3 is 20.4 Å². The summed E-state index contributed by atoms with van der Waals surface area (Å²) in [4.78, 5) is 44.0. The van der Waals surface area contributed by atoms with E-state index in [-0.39, 0.29) is 24.1 Å². The van der Waals surface area contributed by atoms with E-state index in [4.69, 9.17) is 4.42 Å². The lowest BCUT2D eigenvalue weighted by Gasteiger charge is -2.29. The zero-order chi connectivity index (χ0) is 28.0. The van der Waals surface area contributed by atoms with Gasteiger partial charge in [-0.25, -0.2) is 9.97 Å². The lowest BCUT2D eigenvalue weighted by molar-refractivity contribution is -0.145. The van der Waals surface area contributed by atoms with Gasteiger partial charge in [0.15, 0.2) is 5.76 Å². The van der Waals surface area contributed by atoms with Crippen molar-refractivity contribution in [3.05, 3.63) is 71.5 Å². The Bertz CT molecular complexity index is 1320. The molecular weight excluding hydrogens is 515 g/mol. The van der Waals surface area contributed by atoms with E-state index in [2.05, 4.69) is 25.9 Å². The van der Waals surface area contributed by atoms with Crippen molar-refractivity contribution >= 4 is 17.7 Å².